The molecule has 0 aromatic heterocycles. The van der Waals surface area contributed by atoms with Crippen molar-refractivity contribution in [1.29, 1.82) is 0 Å². The molecule has 20 heavy (non-hydrogen) atoms. The number of aliphatic carboxylic acids is 1. The molecule has 0 aliphatic heterocycles. The molecule has 0 aliphatic rings. The smallest absolute Gasteiger partial charge is 0.317 e. The molecular formula is C16H15BrO2S. The Morgan fingerprint density at radius 1 is 1.25 bits per heavy atom. The molecule has 0 saturated heterocycles. The number of benzene rings is 2. The maximum atomic E-state index is 11.4. The van der Waals surface area contributed by atoms with Crippen molar-refractivity contribution in [2.45, 2.75) is 23.5 Å². The normalized spacial score (nSPS) is 12.1. The van der Waals surface area contributed by atoms with Gasteiger partial charge in [0.25, 0.3) is 0 Å². The predicted octanol–water partition coefficient (Wildman–Crippen LogP) is 4.55. The first-order valence-corrected chi connectivity index (χ1v) is 7.92. The fraction of sp³-hybridized carbons (Fsp3) is 0.188. The number of thioether (sulfide) groups is 1. The molecule has 2 aromatic rings. The molecule has 0 fully saturated rings. The van der Waals surface area contributed by atoms with Gasteiger partial charge < -0.3 is 5.11 Å². The zero-order valence-corrected chi connectivity index (χ0v) is 13.4. The summed E-state index contributed by atoms with van der Waals surface area (Å²) < 4.78 is 0.972. The number of aryl methyl sites for hydroxylation is 1. The van der Waals surface area contributed by atoms with E-state index in [0.717, 1.165) is 14.9 Å². The lowest BCUT2D eigenvalue weighted by atomic mass is 10.1. The van der Waals surface area contributed by atoms with E-state index in [1.165, 1.54) is 17.3 Å². The van der Waals surface area contributed by atoms with E-state index in [-0.39, 0.29) is 0 Å². The van der Waals surface area contributed by atoms with Gasteiger partial charge in [0.05, 0.1) is 0 Å². The van der Waals surface area contributed by atoms with Crippen LogP contribution in [0.3, 0.4) is 0 Å². The molecule has 0 heterocycles. The van der Waals surface area contributed by atoms with Gasteiger partial charge in [-0.3, -0.25) is 4.79 Å². The van der Waals surface area contributed by atoms with E-state index in [0.29, 0.717) is 6.42 Å². The number of hydrogen-bond donors (Lipinski definition) is 1. The van der Waals surface area contributed by atoms with Crippen LogP contribution in [0.5, 0.6) is 0 Å². The lowest BCUT2D eigenvalue weighted by Crippen LogP contribution is -2.19. The summed E-state index contributed by atoms with van der Waals surface area (Å²) in [6, 6.07) is 15.7. The second-order valence-electron chi connectivity index (χ2n) is 4.59. The molecule has 0 saturated carbocycles. The summed E-state index contributed by atoms with van der Waals surface area (Å²) in [7, 11) is 0. The zero-order valence-electron chi connectivity index (χ0n) is 11.0. The number of carboxylic acid groups (broad SMARTS) is 1. The average molecular weight is 351 g/mol. The summed E-state index contributed by atoms with van der Waals surface area (Å²) >= 11 is 4.80. The molecule has 2 aromatic carbocycles. The highest BCUT2D eigenvalue weighted by Crippen LogP contribution is 2.27. The van der Waals surface area contributed by atoms with Crippen LogP contribution >= 0.6 is 27.7 Å². The molecule has 0 spiro atoms. The molecule has 0 bridgehead atoms. The Labute approximate surface area is 131 Å². The second kappa shape index (κ2) is 6.95. The van der Waals surface area contributed by atoms with Gasteiger partial charge >= 0.3 is 5.97 Å². The van der Waals surface area contributed by atoms with Crippen LogP contribution in [-0.2, 0) is 11.2 Å². The van der Waals surface area contributed by atoms with Gasteiger partial charge in [0.1, 0.15) is 5.25 Å². The van der Waals surface area contributed by atoms with E-state index in [9.17, 15) is 9.90 Å². The predicted molar refractivity (Wildman–Crippen MR) is 86.3 cm³/mol. The number of carboxylic acids is 1. The van der Waals surface area contributed by atoms with Crippen LogP contribution in [0.2, 0.25) is 0 Å². The Morgan fingerprint density at radius 3 is 2.55 bits per heavy atom. The maximum absolute atomic E-state index is 11.4. The van der Waals surface area contributed by atoms with Crippen molar-refractivity contribution in [2.24, 2.45) is 0 Å². The van der Waals surface area contributed by atoms with Crippen LogP contribution in [0.4, 0.5) is 0 Å². The molecule has 4 heteroatoms. The molecule has 0 radical (unpaired) electrons. The van der Waals surface area contributed by atoms with Crippen LogP contribution in [0.1, 0.15) is 11.1 Å². The lowest BCUT2D eigenvalue weighted by Gasteiger charge is -2.12. The highest BCUT2D eigenvalue weighted by molar-refractivity contribution is 9.10. The van der Waals surface area contributed by atoms with Gasteiger partial charge in [0, 0.05) is 9.37 Å². The minimum absolute atomic E-state index is 0.480. The monoisotopic (exact) mass is 350 g/mol. The lowest BCUT2D eigenvalue weighted by molar-refractivity contribution is -0.136. The summed E-state index contributed by atoms with van der Waals surface area (Å²) in [5, 5.41) is 8.91. The standard InChI is InChI=1S/C16H15BrO2S/c1-11-5-7-14(8-6-11)20-15(16(18)19)10-12-3-2-4-13(17)9-12/h2-9,15H,10H2,1H3,(H,18,19)/t15-/m0/s1. The van der Waals surface area contributed by atoms with Crippen LogP contribution in [0.15, 0.2) is 57.9 Å². The van der Waals surface area contributed by atoms with Gasteiger partial charge in [0.2, 0.25) is 0 Å². The molecule has 104 valence electrons. The van der Waals surface area contributed by atoms with Gasteiger partial charge in [0.15, 0.2) is 0 Å². The van der Waals surface area contributed by atoms with E-state index in [1.807, 2.05) is 55.5 Å². The third-order valence-corrected chi connectivity index (χ3v) is 4.58. The van der Waals surface area contributed by atoms with E-state index in [1.54, 1.807) is 0 Å². The van der Waals surface area contributed by atoms with Crippen molar-refractivity contribution >= 4 is 33.7 Å². The van der Waals surface area contributed by atoms with Crippen LogP contribution < -0.4 is 0 Å². The molecule has 0 unspecified atom stereocenters. The van der Waals surface area contributed by atoms with E-state index in [4.69, 9.17) is 0 Å². The van der Waals surface area contributed by atoms with Gasteiger partial charge in [-0.25, -0.2) is 0 Å². The summed E-state index contributed by atoms with van der Waals surface area (Å²) in [6.45, 7) is 2.02. The number of hydrogen-bond acceptors (Lipinski definition) is 2. The van der Waals surface area contributed by atoms with E-state index >= 15 is 0 Å². The summed E-state index contributed by atoms with van der Waals surface area (Å²) in [5.41, 5.74) is 2.19. The third-order valence-electron chi connectivity index (χ3n) is 2.88. The molecule has 0 aliphatic carbocycles. The quantitative estimate of drug-likeness (QED) is 0.804. The molecule has 1 N–H and O–H groups in total. The molecule has 2 nitrogen and oxygen atoms in total. The van der Waals surface area contributed by atoms with Gasteiger partial charge in [-0.15, -0.1) is 11.8 Å². The van der Waals surface area contributed by atoms with Crippen molar-refractivity contribution in [1.82, 2.24) is 0 Å². The van der Waals surface area contributed by atoms with Crippen LogP contribution in [0.25, 0.3) is 0 Å². The van der Waals surface area contributed by atoms with Crippen molar-refractivity contribution in [3.8, 4) is 0 Å². The summed E-state index contributed by atoms with van der Waals surface area (Å²) in [4.78, 5) is 12.4. The first-order chi connectivity index (χ1) is 9.54. The molecule has 1 atom stereocenters. The Kier molecular flexibility index (Phi) is 5.26. The van der Waals surface area contributed by atoms with Gasteiger partial charge in [-0.1, -0.05) is 45.8 Å². The second-order valence-corrected chi connectivity index (χ2v) is 6.78. The molecule has 2 rings (SSSR count). The minimum Gasteiger partial charge on any atom is -0.480 e. The number of carbonyl (C=O) groups is 1. The Morgan fingerprint density at radius 2 is 1.95 bits per heavy atom. The zero-order chi connectivity index (χ0) is 14.5. The Bertz CT molecular complexity index is 596. The number of rotatable bonds is 5. The molecular weight excluding hydrogens is 336 g/mol. The fourth-order valence-corrected chi connectivity index (χ4v) is 3.28. The van der Waals surface area contributed by atoms with E-state index < -0.39 is 11.2 Å². The van der Waals surface area contributed by atoms with Gasteiger partial charge in [-0.05, 0) is 43.2 Å². The SMILES string of the molecule is Cc1ccc(S[C@@H](Cc2cccc(Br)c2)C(=O)O)cc1. The first kappa shape index (κ1) is 15.1. The van der Waals surface area contributed by atoms with Crippen LogP contribution in [-0.4, -0.2) is 16.3 Å². The fourth-order valence-electron chi connectivity index (χ4n) is 1.84. The van der Waals surface area contributed by atoms with Gasteiger partial charge in [-0.2, -0.15) is 0 Å². The van der Waals surface area contributed by atoms with Crippen molar-refractivity contribution < 1.29 is 9.90 Å². The highest BCUT2D eigenvalue weighted by atomic mass is 79.9. The molecule has 0 amide bonds. The minimum atomic E-state index is -0.782. The number of halogens is 1. The highest BCUT2D eigenvalue weighted by Gasteiger charge is 2.19. The average Bonchev–Trinajstić information content (AvgIpc) is 2.40. The largest absolute Gasteiger partial charge is 0.480 e. The Hall–Kier alpha value is -1.26. The Balaban J connectivity index is 2.11. The van der Waals surface area contributed by atoms with Crippen molar-refractivity contribution in [2.75, 3.05) is 0 Å². The van der Waals surface area contributed by atoms with Crippen LogP contribution in [0, 0.1) is 6.92 Å². The summed E-state index contributed by atoms with van der Waals surface area (Å²) in [6.07, 6.45) is 0.507. The van der Waals surface area contributed by atoms with E-state index in [2.05, 4.69) is 15.9 Å². The first-order valence-electron chi connectivity index (χ1n) is 6.25. The van der Waals surface area contributed by atoms with Crippen molar-refractivity contribution in [3.63, 3.8) is 0 Å². The maximum Gasteiger partial charge on any atom is 0.317 e. The topological polar surface area (TPSA) is 37.3 Å². The van der Waals surface area contributed by atoms with Crippen molar-refractivity contribution in [3.05, 3.63) is 64.1 Å². The summed E-state index contributed by atoms with van der Waals surface area (Å²) in [5.74, 6) is -0.782. The third kappa shape index (κ3) is 4.39.